The van der Waals surface area contributed by atoms with Crippen LogP contribution in [0.4, 0.5) is 4.79 Å². The van der Waals surface area contributed by atoms with Crippen molar-refractivity contribution in [3.63, 3.8) is 0 Å². The van der Waals surface area contributed by atoms with Crippen molar-refractivity contribution in [1.82, 2.24) is 16.0 Å². The first-order chi connectivity index (χ1) is 14.3. The normalized spacial score (nSPS) is 14.8. The molecule has 0 saturated carbocycles. The average Bonchev–Trinajstić information content (AvgIpc) is 2.64. The van der Waals surface area contributed by atoms with Crippen LogP contribution in [0.15, 0.2) is 0 Å². The number of hydrogen-bond acceptors (Lipinski definition) is 7. The van der Waals surface area contributed by atoms with Crippen LogP contribution in [0.1, 0.15) is 61.3 Å². The molecule has 0 bridgehead atoms. The second kappa shape index (κ2) is 13.9. The van der Waals surface area contributed by atoms with E-state index in [9.17, 15) is 18.9 Å². The molecule has 0 heterocycles. The molecule has 0 aromatic heterocycles. The van der Waals surface area contributed by atoms with E-state index in [1.807, 2.05) is 6.92 Å². The fourth-order valence-electron chi connectivity index (χ4n) is 2.46. The van der Waals surface area contributed by atoms with Gasteiger partial charge >= 0.3 is 13.7 Å². The standard InChI is InChI=1S/C19H37ClN3O7P/c1-8-11-14(23-18(26)30-19(5,6)7)16(24)22-15(12-20)17(25)21-13(4)31(27,28-9-2)29-10-3/h13-15H,8-12H2,1-7H3,(H,21,25)(H,22,24)(H,23,26)/t13?,14-,15-/m0/s1. The smallest absolute Gasteiger partial charge is 0.408 e. The van der Waals surface area contributed by atoms with Crippen LogP contribution >= 0.6 is 19.2 Å². The molecule has 0 aromatic rings. The summed E-state index contributed by atoms with van der Waals surface area (Å²) in [6.45, 7) is 12.1. The van der Waals surface area contributed by atoms with Gasteiger partial charge in [-0.2, -0.15) is 0 Å². The summed E-state index contributed by atoms with van der Waals surface area (Å²) >= 11 is 5.88. The Morgan fingerprint density at radius 1 is 0.935 bits per heavy atom. The summed E-state index contributed by atoms with van der Waals surface area (Å²) in [5, 5.41) is 7.55. The molecule has 0 aromatic carbocycles. The van der Waals surface area contributed by atoms with E-state index >= 15 is 0 Å². The summed E-state index contributed by atoms with van der Waals surface area (Å²) in [7, 11) is -3.58. The zero-order valence-corrected chi connectivity index (χ0v) is 21.1. The molecule has 0 fully saturated rings. The second-order valence-electron chi connectivity index (χ2n) is 7.76. The van der Waals surface area contributed by atoms with Gasteiger partial charge in [-0.1, -0.05) is 13.3 Å². The van der Waals surface area contributed by atoms with Gasteiger partial charge in [-0.25, -0.2) is 4.79 Å². The Kier molecular flexibility index (Phi) is 13.3. The molecule has 1 unspecified atom stereocenters. The van der Waals surface area contributed by atoms with Gasteiger partial charge in [-0.05, 0) is 48.0 Å². The maximum atomic E-state index is 12.8. The zero-order chi connectivity index (χ0) is 24.2. The van der Waals surface area contributed by atoms with E-state index in [0.29, 0.717) is 12.8 Å². The minimum atomic E-state index is -3.58. The Balaban J connectivity index is 5.16. The number of carbonyl (C=O) groups excluding carboxylic acids is 3. The Morgan fingerprint density at radius 3 is 1.87 bits per heavy atom. The number of hydrogen-bond donors (Lipinski definition) is 3. The number of amides is 3. The van der Waals surface area contributed by atoms with Crippen molar-refractivity contribution < 1.29 is 32.7 Å². The molecule has 0 aliphatic carbocycles. The summed E-state index contributed by atoms with van der Waals surface area (Å²) in [4.78, 5) is 37.3. The first-order valence-corrected chi connectivity index (χ1v) is 12.5. The van der Waals surface area contributed by atoms with Crippen molar-refractivity contribution in [2.75, 3.05) is 19.1 Å². The van der Waals surface area contributed by atoms with Crippen LogP contribution < -0.4 is 16.0 Å². The van der Waals surface area contributed by atoms with Gasteiger partial charge in [-0.15, -0.1) is 11.6 Å². The molecule has 12 heteroatoms. The van der Waals surface area contributed by atoms with E-state index in [2.05, 4.69) is 16.0 Å². The van der Waals surface area contributed by atoms with Crippen LogP contribution in [0, 0.1) is 0 Å². The van der Waals surface area contributed by atoms with Gasteiger partial charge in [0.05, 0.1) is 19.1 Å². The monoisotopic (exact) mass is 485 g/mol. The SMILES string of the molecule is CCC[C@H](NC(=O)OC(C)(C)C)C(=O)N[C@@H](CCl)C(=O)NC(C)P(=O)(OCC)OCC. The van der Waals surface area contributed by atoms with Crippen LogP contribution in [0.3, 0.4) is 0 Å². The molecule has 0 aliphatic heterocycles. The summed E-state index contributed by atoms with van der Waals surface area (Å²) < 4.78 is 28.4. The quantitative estimate of drug-likeness (QED) is 0.269. The van der Waals surface area contributed by atoms with Crippen LogP contribution in [0.25, 0.3) is 0 Å². The molecule has 10 nitrogen and oxygen atoms in total. The predicted octanol–water partition coefficient (Wildman–Crippen LogP) is 3.13. The molecular formula is C19H37ClN3O7P. The number of ether oxygens (including phenoxy) is 1. The van der Waals surface area contributed by atoms with Gasteiger partial charge < -0.3 is 29.7 Å². The van der Waals surface area contributed by atoms with E-state index in [-0.39, 0.29) is 19.1 Å². The lowest BCUT2D eigenvalue weighted by molar-refractivity contribution is -0.129. The summed E-state index contributed by atoms with van der Waals surface area (Å²) in [5.41, 5.74) is -0.721. The lowest BCUT2D eigenvalue weighted by Gasteiger charge is -2.27. The third-order valence-corrected chi connectivity index (χ3v) is 6.44. The first-order valence-electron chi connectivity index (χ1n) is 10.4. The van der Waals surface area contributed by atoms with Gasteiger partial charge in [0, 0.05) is 0 Å². The van der Waals surface area contributed by atoms with Gasteiger partial charge in [0.1, 0.15) is 23.5 Å². The number of alkyl carbamates (subject to hydrolysis) is 1. The molecule has 31 heavy (non-hydrogen) atoms. The number of alkyl halides is 1. The Hall–Kier alpha value is -1.35. The molecule has 3 atom stereocenters. The third kappa shape index (κ3) is 11.2. The van der Waals surface area contributed by atoms with Crippen LogP contribution in [-0.4, -0.2) is 60.5 Å². The molecule has 0 radical (unpaired) electrons. The Labute approximate surface area is 190 Å². The van der Waals surface area contributed by atoms with Crippen molar-refractivity contribution in [3.05, 3.63) is 0 Å². The second-order valence-corrected chi connectivity index (χ2v) is 10.4. The molecule has 0 spiro atoms. The van der Waals surface area contributed by atoms with Crippen molar-refractivity contribution in [3.8, 4) is 0 Å². The highest BCUT2D eigenvalue weighted by Gasteiger charge is 2.35. The maximum Gasteiger partial charge on any atom is 0.408 e. The predicted molar refractivity (Wildman–Crippen MR) is 119 cm³/mol. The summed E-state index contributed by atoms with van der Waals surface area (Å²) in [6.07, 6.45) is 0.201. The van der Waals surface area contributed by atoms with Gasteiger partial charge in [0.2, 0.25) is 11.8 Å². The third-order valence-electron chi connectivity index (χ3n) is 3.82. The molecule has 0 aliphatic rings. The highest BCUT2D eigenvalue weighted by Crippen LogP contribution is 2.51. The molecule has 182 valence electrons. The number of nitrogens with one attached hydrogen (secondary N) is 3. The van der Waals surface area contributed by atoms with Gasteiger partial charge in [0.15, 0.2) is 0 Å². The molecule has 3 amide bonds. The molecule has 0 rings (SSSR count). The number of rotatable bonds is 13. The lowest BCUT2D eigenvalue weighted by Crippen LogP contribution is -2.55. The fraction of sp³-hybridized carbons (Fsp3) is 0.842. The topological polar surface area (TPSA) is 132 Å². The van der Waals surface area contributed by atoms with E-state index in [1.165, 1.54) is 6.92 Å². The molecule has 0 saturated heterocycles. The average molecular weight is 486 g/mol. The van der Waals surface area contributed by atoms with E-state index in [1.54, 1.807) is 34.6 Å². The largest absolute Gasteiger partial charge is 0.444 e. The van der Waals surface area contributed by atoms with E-state index in [4.69, 9.17) is 25.4 Å². The van der Waals surface area contributed by atoms with Crippen LogP contribution in [0.5, 0.6) is 0 Å². The highest BCUT2D eigenvalue weighted by atomic mass is 35.5. The summed E-state index contributed by atoms with van der Waals surface area (Å²) in [6, 6.07) is -2.03. The van der Waals surface area contributed by atoms with Gasteiger partial charge in [-0.3, -0.25) is 14.2 Å². The minimum absolute atomic E-state index is 0.141. The molecule has 3 N–H and O–H groups in total. The maximum absolute atomic E-state index is 12.8. The lowest BCUT2D eigenvalue weighted by atomic mass is 10.1. The zero-order valence-electron chi connectivity index (χ0n) is 19.5. The fourth-order valence-corrected chi connectivity index (χ4v) is 4.20. The minimum Gasteiger partial charge on any atom is -0.444 e. The van der Waals surface area contributed by atoms with E-state index < -0.39 is 49.0 Å². The van der Waals surface area contributed by atoms with Crippen molar-refractivity contribution in [2.45, 2.75) is 84.8 Å². The Morgan fingerprint density at radius 2 is 1.45 bits per heavy atom. The first kappa shape index (κ1) is 29.7. The summed E-state index contributed by atoms with van der Waals surface area (Å²) in [5.74, 6) is -2.42. The van der Waals surface area contributed by atoms with E-state index in [0.717, 1.165) is 0 Å². The Bertz CT molecular complexity index is 632. The van der Waals surface area contributed by atoms with Crippen LogP contribution in [-0.2, 0) is 27.9 Å². The van der Waals surface area contributed by atoms with Crippen LogP contribution in [0.2, 0.25) is 0 Å². The van der Waals surface area contributed by atoms with Crippen molar-refractivity contribution in [2.24, 2.45) is 0 Å². The molecular weight excluding hydrogens is 449 g/mol. The van der Waals surface area contributed by atoms with Gasteiger partial charge in [0.25, 0.3) is 0 Å². The van der Waals surface area contributed by atoms with Crippen molar-refractivity contribution >= 4 is 37.1 Å². The number of carbonyl (C=O) groups is 3. The number of halogens is 1. The van der Waals surface area contributed by atoms with Crippen molar-refractivity contribution in [1.29, 1.82) is 0 Å². The highest BCUT2D eigenvalue weighted by molar-refractivity contribution is 7.54.